The van der Waals surface area contributed by atoms with Crippen molar-refractivity contribution in [3.05, 3.63) is 0 Å². The third-order valence-corrected chi connectivity index (χ3v) is 3.39. The van der Waals surface area contributed by atoms with Gasteiger partial charge in [0.15, 0.2) is 0 Å². The topological polar surface area (TPSA) is 18.8 Å². The molecule has 0 spiro atoms. The Bertz CT molecular complexity index is 184. The molecule has 0 radical (unpaired) electrons. The Hall–Kier alpha value is 0. The van der Waals surface area contributed by atoms with E-state index in [2.05, 4.69) is 49.9 Å². The summed E-state index contributed by atoms with van der Waals surface area (Å²) in [7, 11) is 0. The molecular weight excluding hydrogens is 289 g/mol. The van der Waals surface area contributed by atoms with Crippen LogP contribution in [0.4, 0.5) is 0 Å². The van der Waals surface area contributed by atoms with Crippen LogP contribution in [-0.2, 0) is 0 Å². The van der Waals surface area contributed by atoms with Gasteiger partial charge >= 0.3 is 0 Å². The van der Waals surface area contributed by atoms with Crippen molar-refractivity contribution in [1.82, 2.24) is 8.12 Å². The molecule has 1 aliphatic rings. The zero-order valence-electron chi connectivity index (χ0n) is 9.12. The van der Waals surface area contributed by atoms with Gasteiger partial charge in [0, 0.05) is 6.54 Å². The van der Waals surface area contributed by atoms with Gasteiger partial charge < -0.3 is 0 Å². The maximum atomic E-state index is 4.42. The maximum Gasteiger partial charge on any atom is 0.128 e. The fourth-order valence-corrected chi connectivity index (χ4v) is 2.26. The first-order chi connectivity index (χ1) is 6.79. The Morgan fingerprint density at radius 3 is 2.64 bits per heavy atom. The summed E-state index contributed by atoms with van der Waals surface area (Å²) >= 11 is 2.34. The second kappa shape index (κ2) is 6.48. The Kier molecular flexibility index (Phi) is 5.59. The summed E-state index contributed by atoms with van der Waals surface area (Å²) in [6, 6.07) is 0. The number of hydrogen-bond acceptors (Lipinski definition) is 3. The van der Waals surface area contributed by atoms with Crippen molar-refractivity contribution in [3.63, 3.8) is 0 Å². The van der Waals surface area contributed by atoms with Gasteiger partial charge in [-0.1, -0.05) is 26.7 Å². The molecule has 1 heterocycles. The first-order valence-corrected chi connectivity index (χ1v) is 6.51. The smallest absolute Gasteiger partial charge is 0.128 e. The van der Waals surface area contributed by atoms with E-state index < -0.39 is 0 Å². The van der Waals surface area contributed by atoms with Gasteiger partial charge in [0.2, 0.25) is 0 Å². The van der Waals surface area contributed by atoms with Crippen molar-refractivity contribution in [2.75, 3.05) is 6.54 Å². The summed E-state index contributed by atoms with van der Waals surface area (Å²) < 4.78 is 2.20. The van der Waals surface area contributed by atoms with Crippen LogP contribution in [0.5, 0.6) is 0 Å². The van der Waals surface area contributed by atoms with Crippen LogP contribution < -0.4 is 0 Å². The molecule has 0 amide bonds. The molecule has 82 valence electrons. The van der Waals surface area contributed by atoms with Crippen molar-refractivity contribution >= 4 is 29.2 Å². The Balaban J connectivity index is 2.35. The van der Waals surface area contributed by atoms with Crippen molar-refractivity contribution in [2.45, 2.75) is 52.1 Å². The predicted octanol–water partition coefficient (Wildman–Crippen LogP) is 3.21. The molecule has 0 fully saturated rings. The van der Waals surface area contributed by atoms with Gasteiger partial charge in [-0.15, -0.1) is 0 Å². The van der Waals surface area contributed by atoms with E-state index in [0.29, 0.717) is 6.17 Å². The normalized spacial score (nSPS) is 20.9. The summed E-state index contributed by atoms with van der Waals surface area (Å²) in [6.45, 7) is 5.56. The Morgan fingerprint density at radius 2 is 2.00 bits per heavy atom. The molecule has 1 rings (SSSR count). The number of hydrazone groups is 1. The molecular formula is C10H20IN3. The van der Waals surface area contributed by atoms with Crippen LogP contribution in [0.3, 0.4) is 0 Å². The Labute approximate surface area is 101 Å². The highest BCUT2D eigenvalue weighted by atomic mass is 127. The third-order valence-electron chi connectivity index (χ3n) is 2.50. The summed E-state index contributed by atoms with van der Waals surface area (Å²) in [5.41, 5.74) is 0. The van der Waals surface area contributed by atoms with Crippen LogP contribution in [0, 0.1) is 0 Å². The molecule has 0 aromatic heterocycles. The predicted molar refractivity (Wildman–Crippen MR) is 69.3 cm³/mol. The average Bonchev–Trinajstić information content (AvgIpc) is 2.53. The highest BCUT2D eigenvalue weighted by Crippen LogP contribution is 2.21. The minimum Gasteiger partial charge on any atom is -0.280 e. The van der Waals surface area contributed by atoms with E-state index in [1.54, 1.807) is 0 Å². The lowest BCUT2D eigenvalue weighted by Gasteiger charge is -2.26. The Morgan fingerprint density at radius 1 is 1.29 bits per heavy atom. The lowest BCUT2D eigenvalue weighted by atomic mass is 10.2. The van der Waals surface area contributed by atoms with Gasteiger partial charge in [-0.25, -0.2) is 0 Å². The SMILES string of the molecule is CCCCC1N(I)C=NN1CCCC. The molecule has 0 aliphatic carbocycles. The number of unbranched alkanes of at least 4 members (excludes halogenated alkanes) is 2. The highest BCUT2D eigenvalue weighted by molar-refractivity contribution is 14.1. The number of hydrogen-bond donors (Lipinski definition) is 0. The average molecular weight is 309 g/mol. The molecule has 0 N–H and O–H groups in total. The van der Waals surface area contributed by atoms with Crippen molar-refractivity contribution < 1.29 is 0 Å². The molecule has 0 saturated carbocycles. The van der Waals surface area contributed by atoms with E-state index in [-0.39, 0.29) is 0 Å². The molecule has 1 aliphatic heterocycles. The van der Waals surface area contributed by atoms with Gasteiger partial charge in [-0.3, -0.25) is 8.12 Å². The largest absolute Gasteiger partial charge is 0.280 e. The summed E-state index contributed by atoms with van der Waals surface area (Å²) in [5, 5.41) is 6.64. The molecule has 3 nitrogen and oxygen atoms in total. The van der Waals surface area contributed by atoms with E-state index >= 15 is 0 Å². The highest BCUT2D eigenvalue weighted by Gasteiger charge is 2.24. The van der Waals surface area contributed by atoms with Gasteiger partial charge in [-0.05, 0) is 19.3 Å². The fraction of sp³-hybridized carbons (Fsp3) is 0.900. The van der Waals surface area contributed by atoms with Crippen LogP contribution in [0.15, 0.2) is 5.10 Å². The number of halogens is 1. The quantitative estimate of drug-likeness (QED) is 0.554. The van der Waals surface area contributed by atoms with Crippen molar-refractivity contribution in [3.8, 4) is 0 Å². The van der Waals surface area contributed by atoms with Gasteiger partial charge in [0.1, 0.15) is 12.5 Å². The molecule has 14 heavy (non-hydrogen) atoms. The monoisotopic (exact) mass is 309 g/mol. The molecule has 4 heteroatoms. The van der Waals surface area contributed by atoms with Gasteiger partial charge in [0.05, 0.1) is 22.9 Å². The van der Waals surface area contributed by atoms with Crippen LogP contribution >= 0.6 is 22.9 Å². The van der Waals surface area contributed by atoms with E-state index in [9.17, 15) is 0 Å². The maximum absolute atomic E-state index is 4.42. The summed E-state index contributed by atoms with van der Waals surface area (Å²) in [5.74, 6) is 0. The lowest BCUT2D eigenvalue weighted by molar-refractivity contribution is 0.171. The summed E-state index contributed by atoms with van der Waals surface area (Å²) in [4.78, 5) is 0. The third kappa shape index (κ3) is 3.29. The lowest BCUT2D eigenvalue weighted by Crippen LogP contribution is -2.34. The minimum absolute atomic E-state index is 0.502. The van der Waals surface area contributed by atoms with E-state index in [0.717, 1.165) is 6.54 Å². The molecule has 1 unspecified atom stereocenters. The second-order valence-electron chi connectivity index (χ2n) is 3.71. The van der Waals surface area contributed by atoms with Crippen LogP contribution in [0.1, 0.15) is 46.0 Å². The van der Waals surface area contributed by atoms with Crippen LogP contribution in [0.2, 0.25) is 0 Å². The molecule has 0 aromatic carbocycles. The first-order valence-electron chi connectivity index (χ1n) is 5.54. The van der Waals surface area contributed by atoms with Crippen LogP contribution in [0.25, 0.3) is 0 Å². The van der Waals surface area contributed by atoms with Crippen LogP contribution in [-0.4, -0.2) is 27.2 Å². The molecule has 1 atom stereocenters. The fourth-order valence-electron chi connectivity index (χ4n) is 1.58. The molecule has 0 saturated heterocycles. The van der Waals surface area contributed by atoms with Crippen molar-refractivity contribution in [1.29, 1.82) is 0 Å². The van der Waals surface area contributed by atoms with E-state index in [4.69, 9.17) is 0 Å². The molecule has 0 aromatic rings. The number of rotatable bonds is 6. The first kappa shape index (κ1) is 12.1. The summed E-state index contributed by atoms with van der Waals surface area (Å²) in [6.07, 6.45) is 8.71. The van der Waals surface area contributed by atoms with E-state index in [1.807, 2.05) is 6.34 Å². The minimum atomic E-state index is 0.502. The molecule has 0 bridgehead atoms. The van der Waals surface area contributed by atoms with E-state index in [1.165, 1.54) is 32.1 Å². The van der Waals surface area contributed by atoms with Gasteiger partial charge in [0.25, 0.3) is 0 Å². The standard InChI is InChI=1S/C10H20IN3/c1-3-5-7-10-13(11)9-12-14(10)8-6-4-2/h9-10H,3-8H2,1-2H3. The zero-order valence-corrected chi connectivity index (χ0v) is 11.3. The number of nitrogens with zero attached hydrogens (tertiary/aromatic N) is 3. The van der Waals surface area contributed by atoms with Gasteiger partial charge in [-0.2, -0.15) is 5.10 Å². The van der Waals surface area contributed by atoms with Crippen molar-refractivity contribution in [2.24, 2.45) is 5.10 Å². The second-order valence-corrected chi connectivity index (χ2v) is 4.83. The zero-order chi connectivity index (χ0) is 10.4.